The molecule has 72 valence electrons. The molecule has 1 N–H and O–H groups in total. The van der Waals surface area contributed by atoms with Crippen LogP contribution in [0, 0.1) is 5.82 Å². The molecule has 0 heterocycles. The minimum absolute atomic E-state index is 0.328. The van der Waals surface area contributed by atoms with Gasteiger partial charge in [-0.15, -0.1) is 0 Å². The van der Waals surface area contributed by atoms with Crippen molar-refractivity contribution >= 4 is 11.6 Å². The molecule has 0 aliphatic heterocycles. The van der Waals surface area contributed by atoms with E-state index in [1.807, 2.05) is 0 Å². The van der Waals surface area contributed by atoms with Gasteiger partial charge in [0.2, 0.25) is 0 Å². The Bertz CT molecular complexity index is 286. The summed E-state index contributed by atoms with van der Waals surface area (Å²) < 4.78 is 12.6. The van der Waals surface area contributed by atoms with Crippen molar-refractivity contribution in [3.8, 4) is 0 Å². The largest absolute Gasteiger partial charge is 0.393 e. The van der Waals surface area contributed by atoms with Gasteiger partial charge in [0.15, 0.2) is 0 Å². The fourth-order valence-electron chi connectivity index (χ4n) is 1.09. The molecule has 1 aromatic carbocycles. The second-order valence-corrected chi connectivity index (χ2v) is 3.53. The predicted molar refractivity (Wildman–Crippen MR) is 51.4 cm³/mol. The highest BCUT2D eigenvalue weighted by Gasteiger charge is 2.03. The quantitative estimate of drug-likeness (QED) is 0.799. The van der Waals surface area contributed by atoms with E-state index in [2.05, 4.69) is 0 Å². The molecule has 0 unspecified atom stereocenters. The average Bonchev–Trinajstić information content (AvgIpc) is 2.02. The third kappa shape index (κ3) is 3.33. The Kier molecular flexibility index (Phi) is 3.70. The molecule has 1 aromatic rings. The molecule has 0 spiro atoms. The first-order valence-electron chi connectivity index (χ1n) is 4.21. The molecule has 0 amide bonds. The van der Waals surface area contributed by atoms with Crippen LogP contribution in [-0.2, 0) is 6.42 Å². The number of hydrogen-bond donors (Lipinski definition) is 1. The van der Waals surface area contributed by atoms with E-state index >= 15 is 0 Å². The molecule has 0 saturated heterocycles. The van der Waals surface area contributed by atoms with Crippen molar-refractivity contribution in [1.82, 2.24) is 0 Å². The summed E-state index contributed by atoms with van der Waals surface area (Å²) in [7, 11) is 0. The zero-order valence-corrected chi connectivity index (χ0v) is 8.18. The molecule has 1 rings (SSSR count). The Morgan fingerprint density at radius 2 is 2.23 bits per heavy atom. The molecule has 1 nitrogen and oxygen atoms in total. The van der Waals surface area contributed by atoms with Crippen molar-refractivity contribution in [1.29, 1.82) is 0 Å². The van der Waals surface area contributed by atoms with Gasteiger partial charge in [0.25, 0.3) is 0 Å². The summed E-state index contributed by atoms with van der Waals surface area (Å²) in [5, 5.41) is 9.47. The number of hydrogen-bond acceptors (Lipinski definition) is 1. The number of aliphatic hydroxyl groups is 1. The molecular formula is C10H12ClFO. The number of halogens is 2. The molecule has 0 bridgehead atoms. The summed E-state index contributed by atoms with van der Waals surface area (Å²) in [6, 6.07) is 4.32. The average molecular weight is 203 g/mol. The summed E-state index contributed by atoms with van der Waals surface area (Å²) in [5.41, 5.74) is 0.879. The SMILES string of the molecule is C[C@H](O)CCc1ccc(F)cc1Cl. The highest BCUT2D eigenvalue weighted by molar-refractivity contribution is 6.31. The lowest BCUT2D eigenvalue weighted by Gasteiger charge is -2.05. The highest BCUT2D eigenvalue weighted by Crippen LogP contribution is 2.19. The molecule has 0 aliphatic carbocycles. The third-order valence-corrected chi connectivity index (χ3v) is 2.20. The van der Waals surface area contributed by atoms with Crippen LogP contribution in [0.1, 0.15) is 18.9 Å². The Morgan fingerprint density at radius 1 is 1.54 bits per heavy atom. The minimum atomic E-state index is -0.346. The van der Waals surface area contributed by atoms with Crippen molar-refractivity contribution in [2.75, 3.05) is 0 Å². The first-order chi connectivity index (χ1) is 6.09. The van der Waals surface area contributed by atoms with Gasteiger partial charge in [-0.2, -0.15) is 0 Å². The Balaban J connectivity index is 2.67. The third-order valence-electron chi connectivity index (χ3n) is 1.85. The van der Waals surface area contributed by atoms with Crippen LogP contribution in [0.2, 0.25) is 5.02 Å². The lowest BCUT2D eigenvalue weighted by atomic mass is 10.1. The summed E-state index contributed by atoms with van der Waals surface area (Å²) in [6.45, 7) is 1.72. The van der Waals surface area contributed by atoms with Gasteiger partial charge in [0.05, 0.1) is 6.10 Å². The molecular weight excluding hydrogens is 191 g/mol. The van der Waals surface area contributed by atoms with Crippen LogP contribution in [0.5, 0.6) is 0 Å². The maximum Gasteiger partial charge on any atom is 0.124 e. The summed E-state index contributed by atoms with van der Waals surface area (Å²) in [4.78, 5) is 0. The maximum atomic E-state index is 12.6. The van der Waals surface area contributed by atoms with Crippen LogP contribution in [0.25, 0.3) is 0 Å². The molecule has 3 heteroatoms. The summed E-state index contributed by atoms with van der Waals surface area (Å²) in [6.07, 6.45) is 0.975. The Labute approximate surface area is 82.2 Å². The molecule has 0 aliphatic rings. The monoisotopic (exact) mass is 202 g/mol. The Morgan fingerprint density at radius 3 is 2.77 bits per heavy atom. The molecule has 0 saturated carbocycles. The van der Waals surface area contributed by atoms with Crippen molar-refractivity contribution in [2.24, 2.45) is 0 Å². The number of benzene rings is 1. The van der Waals surface area contributed by atoms with E-state index in [-0.39, 0.29) is 11.9 Å². The maximum absolute atomic E-state index is 12.6. The van der Waals surface area contributed by atoms with E-state index in [1.165, 1.54) is 12.1 Å². The molecule has 13 heavy (non-hydrogen) atoms. The van der Waals surface area contributed by atoms with Crippen molar-refractivity contribution < 1.29 is 9.50 Å². The molecule has 0 aromatic heterocycles. The van der Waals surface area contributed by atoms with Crippen LogP contribution in [-0.4, -0.2) is 11.2 Å². The first-order valence-corrected chi connectivity index (χ1v) is 4.59. The topological polar surface area (TPSA) is 20.2 Å². The normalized spacial score (nSPS) is 12.9. The Hall–Kier alpha value is -0.600. The van der Waals surface area contributed by atoms with Crippen molar-refractivity contribution in [3.63, 3.8) is 0 Å². The first kappa shape index (κ1) is 10.5. The van der Waals surface area contributed by atoms with E-state index < -0.39 is 0 Å². The lowest BCUT2D eigenvalue weighted by molar-refractivity contribution is 0.185. The van der Waals surface area contributed by atoms with Crippen LogP contribution in [0.3, 0.4) is 0 Å². The summed E-state index contributed by atoms with van der Waals surface area (Å²) in [5.74, 6) is -0.328. The van der Waals surface area contributed by atoms with Gasteiger partial charge in [-0.05, 0) is 37.5 Å². The van der Waals surface area contributed by atoms with Gasteiger partial charge in [0, 0.05) is 5.02 Å². The summed E-state index contributed by atoms with van der Waals surface area (Å²) >= 11 is 5.79. The van der Waals surface area contributed by atoms with Gasteiger partial charge >= 0.3 is 0 Å². The standard InChI is InChI=1S/C10H12ClFO/c1-7(13)2-3-8-4-5-9(12)6-10(8)11/h4-7,13H,2-3H2,1H3/t7-/m0/s1. The molecule has 0 fully saturated rings. The highest BCUT2D eigenvalue weighted by atomic mass is 35.5. The van der Waals surface area contributed by atoms with Gasteiger partial charge in [-0.25, -0.2) is 4.39 Å². The van der Waals surface area contributed by atoms with Crippen LogP contribution in [0.4, 0.5) is 4.39 Å². The van der Waals surface area contributed by atoms with Crippen LogP contribution < -0.4 is 0 Å². The number of aliphatic hydroxyl groups excluding tert-OH is 1. The number of rotatable bonds is 3. The second kappa shape index (κ2) is 4.58. The van der Waals surface area contributed by atoms with Crippen LogP contribution >= 0.6 is 11.6 Å². The van der Waals surface area contributed by atoms with Gasteiger partial charge in [-0.3, -0.25) is 0 Å². The minimum Gasteiger partial charge on any atom is -0.393 e. The lowest BCUT2D eigenvalue weighted by Crippen LogP contribution is -2.01. The van der Waals surface area contributed by atoms with E-state index in [4.69, 9.17) is 16.7 Å². The predicted octanol–water partition coefficient (Wildman–Crippen LogP) is 2.79. The zero-order valence-electron chi connectivity index (χ0n) is 7.43. The van der Waals surface area contributed by atoms with Gasteiger partial charge < -0.3 is 5.11 Å². The zero-order chi connectivity index (χ0) is 9.84. The fourth-order valence-corrected chi connectivity index (χ4v) is 1.35. The molecule has 1 atom stereocenters. The van der Waals surface area contributed by atoms with Crippen LogP contribution in [0.15, 0.2) is 18.2 Å². The number of aryl methyl sites for hydroxylation is 1. The van der Waals surface area contributed by atoms with E-state index in [0.717, 1.165) is 5.56 Å². The molecule has 0 radical (unpaired) electrons. The second-order valence-electron chi connectivity index (χ2n) is 3.12. The van der Waals surface area contributed by atoms with Crippen molar-refractivity contribution in [3.05, 3.63) is 34.6 Å². The van der Waals surface area contributed by atoms with Gasteiger partial charge in [0.1, 0.15) is 5.82 Å². The van der Waals surface area contributed by atoms with Gasteiger partial charge in [-0.1, -0.05) is 17.7 Å². The van der Waals surface area contributed by atoms with E-state index in [9.17, 15) is 4.39 Å². The van der Waals surface area contributed by atoms with E-state index in [0.29, 0.717) is 17.9 Å². The van der Waals surface area contributed by atoms with E-state index in [1.54, 1.807) is 13.0 Å². The smallest absolute Gasteiger partial charge is 0.124 e. The van der Waals surface area contributed by atoms with Crippen molar-refractivity contribution in [2.45, 2.75) is 25.9 Å². The fraction of sp³-hybridized carbons (Fsp3) is 0.400.